The van der Waals surface area contributed by atoms with Crippen LogP contribution in [0.2, 0.25) is 0 Å². The Morgan fingerprint density at radius 3 is 2.89 bits per heavy atom. The van der Waals surface area contributed by atoms with Crippen LogP contribution < -0.4 is 5.32 Å². The van der Waals surface area contributed by atoms with Gasteiger partial charge in [0.05, 0.1) is 0 Å². The molecule has 2 amide bonds. The number of amides is 2. The van der Waals surface area contributed by atoms with Crippen molar-refractivity contribution in [3.8, 4) is 11.5 Å². The van der Waals surface area contributed by atoms with Crippen LogP contribution >= 0.6 is 0 Å². The minimum Gasteiger partial charge on any atom is -0.339 e. The van der Waals surface area contributed by atoms with E-state index in [9.17, 15) is 4.79 Å². The summed E-state index contributed by atoms with van der Waals surface area (Å²) in [5.41, 5.74) is 0.658. The Hall–Kier alpha value is -3.30. The molecule has 3 aromatic rings. The molecular formula is C18H22N8O2. The molecule has 0 saturated carbocycles. The maximum atomic E-state index is 12.4. The number of aromatic amines is 1. The predicted octanol–water partition coefficient (Wildman–Crippen LogP) is 1.69. The van der Waals surface area contributed by atoms with Crippen LogP contribution in [0, 0.1) is 6.92 Å². The van der Waals surface area contributed by atoms with E-state index in [1.165, 1.54) is 0 Å². The van der Waals surface area contributed by atoms with Crippen LogP contribution in [-0.2, 0) is 6.42 Å². The van der Waals surface area contributed by atoms with Gasteiger partial charge in [-0.1, -0.05) is 11.2 Å². The third-order valence-corrected chi connectivity index (χ3v) is 4.74. The number of hydrogen-bond acceptors (Lipinski definition) is 7. The lowest BCUT2D eigenvalue weighted by Gasteiger charge is -2.30. The average molecular weight is 382 g/mol. The van der Waals surface area contributed by atoms with Crippen LogP contribution in [0.25, 0.3) is 11.5 Å². The van der Waals surface area contributed by atoms with Crippen molar-refractivity contribution >= 4 is 6.03 Å². The van der Waals surface area contributed by atoms with E-state index in [0.29, 0.717) is 49.4 Å². The summed E-state index contributed by atoms with van der Waals surface area (Å²) in [6.07, 6.45) is 3.88. The van der Waals surface area contributed by atoms with E-state index in [0.717, 1.165) is 24.5 Å². The van der Waals surface area contributed by atoms with Crippen LogP contribution in [0.15, 0.2) is 28.9 Å². The smallest absolute Gasteiger partial charge is 0.317 e. The molecule has 4 heterocycles. The zero-order chi connectivity index (χ0) is 19.3. The zero-order valence-electron chi connectivity index (χ0n) is 15.6. The number of aryl methyl sites for hydroxylation is 1. The first-order valence-electron chi connectivity index (χ1n) is 9.34. The summed E-state index contributed by atoms with van der Waals surface area (Å²) >= 11 is 0. The molecule has 2 N–H and O–H groups in total. The summed E-state index contributed by atoms with van der Waals surface area (Å²) in [4.78, 5) is 27.1. The van der Waals surface area contributed by atoms with Crippen molar-refractivity contribution in [1.82, 2.24) is 40.5 Å². The van der Waals surface area contributed by atoms with Gasteiger partial charge in [-0.25, -0.2) is 9.78 Å². The van der Waals surface area contributed by atoms with Gasteiger partial charge in [0.1, 0.15) is 11.5 Å². The summed E-state index contributed by atoms with van der Waals surface area (Å²) in [7, 11) is 0. The normalized spacial score (nSPS) is 15.0. The molecule has 1 aliphatic heterocycles. The highest BCUT2D eigenvalue weighted by molar-refractivity contribution is 5.74. The highest BCUT2D eigenvalue weighted by atomic mass is 16.5. The second-order valence-electron chi connectivity index (χ2n) is 6.75. The number of urea groups is 1. The quantitative estimate of drug-likeness (QED) is 0.687. The molecule has 0 aliphatic carbocycles. The van der Waals surface area contributed by atoms with Gasteiger partial charge in [-0.2, -0.15) is 10.1 Å². The largest absolute Gasteiger partial charge is 0.339 e. The molecule has 28 heavy (non-hydrogen) atoms. The van der Waals surface area contributed by atoms with E-state index in [-0.39, 0.29) is 6.03 Å². The Morgan fingerprint density at radius 1 is 1.32 bits per heavy atom. The first kappa shape index (κ1) is 18.1. The summed E-state index contributed by atoms with van der Waals surface area (Å²) in [6, 6.07) is 5.44. The standard InChI is InChI=1S/C18H22N8O2/c1-12-21-16(24-23-12)13-6-10-26(11-7-13)18(27)20-9-5-15-22-17(25-28-15)14-4-2-3-8-19-14/h2-4,8,13H,5-7,9-11H2,1H3,(H,20,27)(H,21,23,24). The van der Waals surface area contributed by atoms with E-state index in [1.807, 2.05) is 30.0 Å². The number of nitrogens with zero attached hydrogens (tertiary/aromatic N) is 6. The third kappa shape index (κ3) is 4.16. The monoisotopic (exact) mass is 382 g/mol. The van der Waals surface area contributed by atoms with Gasteiger partial charge < -0.3 is 14.7 Å². The molecule has 10 heteroatoms. The van der Waals surface area contributed by atoms with Gasteiger partial charge in [-0.3, -0.25) is 10.1 Å². The highest BCUT2D eigenvalue weighted by Gasteiger charge is 2.26. The fraction of sp³-hybridized carbons (Fsp3) is 0.444. The number of aromatic nitrogens is 6. The second kappa shape index (κ2) is 8.15. The first-order chi connectivity index (χ1) is 13.7. The molecule has 0 atom stereocenters. The van der Waals surface area contributed by atoms with Gasteiger partial charge >= 0.3 is 6.03 Å². The highest BCUT2D eigenvalue weighted by Crippen LogP contribution is 2.25. The van der Waals surface area contributed by atoms with Crippen LogP contribution in [0.5, 0.6) is 0 Å². The van der Waals surface area contributed by atoms with E-state index >= 15 is 0 Å². The number of piperidine rings is 1. The molecule has 10 nitrogen and oxygen atoms in total. The zero-order valence-corrected chi connectivity index (χ0v) is 15.6. The summed E-state index contributed by atoms with van der Waals surface area (Å²) in [5.74, 6) is 2.89. The lowest BCUT2D eigenvalue weighted by atomic mass is 9.96. The van der Waals surface area contributed by atoms with Crippen molar-refractivity contribution < 1.29 is 9.32 Å². The molecule has 0 bridgehead atoms. The van der Waals surface area contributed by atoms with Crippen molar-refractivity contribution in [2.24, 2.45) is 0 Å². The molecule has 0 aromatic carbocycles. The van der Waals surface area contributed by atoms with Gasteiger partial charge in [-0.15, -0.1) is 0 Å². The Bertz CT molecular complexity index is 915. The van der Waals surface area contributed by atoms with Crippen LogP contribution in [-0.4, -0.2) is 60.9 Å². The molecule has 1 fully saturated rings. The van der Waals surface area contributed by atoms with Gasteiger partial charge in [0.15, 0.2) is 5.82 Å². The minimum atomic E-state index is -0.0749. The maximum absolute atomic E-state index is 12.4. The number of carbonyl (C=O) groups is 1. The molecule has 4 rings (SSSR count). The molecule has 0 spiro atoms. The molecule has 0 radical (unpaired) electrons. The fourth-order valence-electron chi connectivity index (χ4n) is 3.23. The fourth-order valence-corrected chi connectivity index (χ4v) is 3.23. The van der Waals surface area contributed by atoms with Crippen LogP contribution in [0.3, 0.4) is 0 Å². The van der Waals surface area contributed by atoms with E-state index in [1.54, 1.807) is 6.20 Å². The van der Waals surface area contributed by atoms with Gasteiger partial charge in [0.2, 0.25) is 11.7 Å². The molecule has 0 unspecified atom stereocenters. The van der Waals surface area contributed by atoms with Crippen molar-refractivity contribution in [3.63, 3.8) is 0 Å². The molecule has 1 saturated heterocycles. The summed E-state index contributed by atoms with van der Waals surface area (Å²) in [6.45, 7) is 3.70. The topological polar surface area (TPSA) is 126 Å². The Labute approximate surface area is 161 Å². The Kier molecular flexibility index (Phi) is 5.27. The van der Waals surface area contributed by atoms with Gasteiger partial charge in [-0.05, 0) is 31.9 Å². The third-order valence-electron chi connectivity index (χ3n) is 4.74. The molecule has 3 aromatic heterocycles. The van der Waals surface area contributed by atoms with Crippen molar-refractivity contribution in [2.75, 3.05) is 19.6 Å². The van der Waals surface area contributed by atoms with Gasteiger partial charge in [0.25, 0.3) is 0 Å². The van der Waals surface area contributed by atoms with Crippen molar-refractivity contribution in [2.45, 2.75) is 32.1 Å². The number of rotatable bonds is 5. The first-order valence-corrected chi connectivity index (χ1v) is 9.34. The van der Waals surface area contributed by atoms with Crippen LogP contribution in [0.1, 0.15) is 36.3 Å². The van der Waals surface area contributed by atoms with Gasteiger partial charge in [0, 0.05) is 38.2 Å². The SMILES string of the molecule is Cc1nc(C2CCN(C(=O)NCCc3nc(-c4ccccn4)no3)CC2)n[nH]1. The molecule has 1 aliphatic rings. The number of nitrogens with one attached hydrogen (secondary N) is 2. The Morgan fingerprint density at radius 2 is 2.18 bits per heavy atom. The number of likely N-dealkylation sites (tertiary alicyclic amines) is 1. The predicted molar refractivity (Wildman–Crippen MR) is 99.3 cm³/mol. The second-order valence-corrected chi connectivity index (χ2v) is 6.75. The van der Waals surface area contributed by atoms with Crippen LogP contribution in [0.4, 0.5) is 4.79 Å². The van der Waals surface area contributed by atoms with E-state index in [4.69, 9.17) is 4.52 Å². The van der Waals surface area contributed by atoms with Crippen molar-refractivity contribution in [3.05, 3.63) is 41.9 Å². The number of hydrogen-bond donors (Lipinski definition) is 2. The lowest BCUT2D eigenvalue weighted by Crippen LogP contribution is -2.44. The average Bonchev–Trinajstić information content (AvgIpc) is 3.38. The maximum Gasteiger partial charge on any atom is 0.317 e. The molecular weight excluding hydrogens is 360 g/mol. The summed E-state index contributed by atoms with van der Waals surface area (Å²) in [5, 5.41) is 14.0. The molecule has 146 valence electrons. The van der Waals surface area contributed by atoms with Crippen molar-refractivity contribution in [1.29, 1.82) is 0 Å². The van der Waals surface area contributed by atoms with E-state index < -0.39 is 0 Å². The number of H-pyrrole nitrogens is 1. The van der Waals surface area contributed by atoms with E-state index in [2.05, 4.69) is 35.6 Å². The number of carbonyl (C=O) groups excluding carboxylic acids is 1. The minimum absolute atomic E-state index is 0.0749. The Balaban J connectivity index is 1.22. The lowest BCUT2D eigenvalue weighted by molar-refractivity contribution is 0.180. The number of pyridine rings is 1. The summed E-state index contributed by atoms with van der Waals surface area (Å²) < 4.78 is 5.23.